The van der Waals surface area contributed by atoms with Crippen molar-refractivity contribution in [1.82, 2.24) is 0 Å². The van der Waals surface area contributed by atoms with Crippen molar-refractivity contribution in [2.24, 2.45) is 0 Å². The first-order valence-electron chi connectivity index (χ1n) is 0. The van der Waals surface area contributed by atoms with E-state index in [1.807, 2.05) is 0 Å². The minimum atomic E-state index is 0. The maximum Gasteiger partial charge on any atom is 0 e. The van der Waals surface area contributed by atoms with Gasteiger partial charge in [0.1, 0.15) is 0 Å². The summed E-state index contributed by atoms with van der Waals surface area (Å²) in [6, 6.07) is 0. The third-order valence-corrected chi connectivity index (χ3v) is 0. The van der Waals surface area contributed by atoms with Crippen LogP contribution in [0.1, 0.15) is 0 Å². The van der Waals surface area contributed by atoms with Gasteiger partial charge in [-0.3, -0.25) is 0 Å². The summed E-state index contributed by atoms with van der Waals surface area (Å²) >= 11 is 0. The quantitative estimate of drug-likeness (QED) is 0.551. The second-order valence-corrected chi connectivity index (χ2v) is 0. The van der Waals surface area contributed by atoms with Crippen molar-refractivity contribution in [2.45, 2.75) is 0 Å². The Morgan fingerprint density at radius 1 is 1.00 bits per heavy atom. The Labute approximate surface area is 85.3 Å². The first kappa shape index (κ1) is 29.0. The Balaban J connectivity index is 0. The van der Waals surface area contributed by atoms with E-state index >= 15 is 0 Å². The second kappa shape index (κ2) is 17.0. The van der Waals surface area contributed by atoms with E-state index in [4.69, 9.17) is 0 Å². The molecule has 1 radical (unpaired) electrons. The van der Waals surface area contributed by atoms with Gasteiger partial charge >= 0.3 is 0 Å². The van der Waals surface area contributed by atoms with Crippen LogP contribution in [-0.4, -0.2) is 0 Å². The summed E-state index contributed by atoms with van der Waals surface area (Å²) in [6.07, 6.45) is 0. The predicted octanol–water partition coefficient (Wildman–Crippen LogP) is -0.0100. The molecule has 0 nitrogen and oxygen atoms in total. The fourth-order valence-electron chi connectivity index (χ4n) is 0. The summed E-state index contributed by atoms with van der Waals surface area (Å²) in [5.74, 6) is 0. The van der Waals surface area contributed by atoms with Crippen molar-refractivity contribution in [3.8, 4) is 0 Å². The van der Waals surface area contributed by atoms with Crippen molar-refractivity contribution in [3.63, 3.8) is 0 Å². The average molecular weight is 291 g/mol. The van der Waals surface area contributed by atoms with Gasteiger partial charge in [-0.2, -0.15) is 0 Å². The molecular formula is NbNiTiZr. The molecule has 0 rings (SSSR count). The third-order valence-electron chi connectivity index (χ3n) is 0. The minimum Gasteiger partial charge on any atom is 0 e. The molecule has 0 aliphatic rings. The van der Waals surface area contributed by atoms with Gasteiger partial charge in [0.25, 0.3) is 0 Å². The molecule has 0 aromatic rings. The van der Waals surface area contributed by atoms with Crippen LogP contribution in [0.2, 0.25) is 0 Å². The number of hydrogen-bond donors (Lipinski definition) is 0. The van der Waals surface area contributed by atoms with Crippen molar-refractivity contribution < 1.29 is 86.8 Å². The minimum absolute atomic E-state index is 0. The summed E-state index contributed by atoms with van der Waals surface area (Å²) in [5, 5.41) is 0. The van der Waals surface area contributed by atoms with E-state index in [9.17, 15) is 0 Å². The molecule has 0 fully saturated rings. The molecule has 4 heavy (non-hydrogen) atoms. The zero-order chi connectivity index (χ0) is 0. The molecule has 0 saturated carbocycles. The van der Waals surface area contributed by atoms with E-state index in [-0.39, 0.29) is 86.8 Å². The number of hydrogen-bond acceptors (Lipinski definition) is 0. The van der Waals surface area contributed by atoms with Gasteiger partial charge in [-0.25, -0.2) is 0 Å². The monoisotopic (exact) mass is 289 g/mol. The van der Waals surface area contributed by atoms with Gasteiger partial charge in [-0.15, -0.1) is 0 Å². The van der Waals surface area contributed by atoms with Gasteiger partial charge in [0.05, 0.1) is 0 Å². The molecule has 0 spiro atoms. The number of rotatable bonds is 0. The van der Waals surface area contributed by atoms with Crippen LogP contribution in [0.15, 0.2) is 0 Å². The van der Waals surface area contributed by atoms with Crippen LogP contribution >= 0.6 is 0 Å². The van der Waals surface area contributed by atoms with Crippen molar-refractivity contribution in [1.29, 1.82) is 0 Å². The Morgan fingerprint density at radius 3 is 1.00 bits per heavy atom. The van der Waals surface area contributed by atoms with Crippen LogP contribution in [0.5, 0.6) is 0 Å². The molecule has 0 aliphatic heterocycles. The molecule has 0 unspecified atom stereocenters. The second-order valence-electron chi connectivity index (χ2n) is 0. The van der Waals surface area contributed by atoms with E-state index < -0.39 is 0 Å². The molecule has 0 N–H and O–H groups in total. The molecule has 0 aliphatic carbocycles. The van der Waals surface area contributed by atoms with Crippen LogP contribution < -0.4 is 0 Å². The Kier molecular flexibility index (Phi) is 123. The SMILES string of the molecule is [Nb].[Ni].[Ti].[Zr]. The van der Waals surface area contributed by atoms with Gasteiger partial charge in [0.2, 0.25) is 0 Å². The van der Waals surface area contributed by atoms with Crippen LogP contribution in [-0.2, 0) is 86.8 Å². The fourth-order valence-corrected chi connectivity index (χ4v) is 0. The van der Waals surface area contributed by atoms with E-state index in [1.54, 1.807) is 0 Å². The third kappa shape index (κ3) is 8.85. The van der Waals surface area contributed by atoms with Crippen molar-refractivity contribution in [3.05, 3.63) is 0 Å². The molecule has 0 atom stereocenters. The molecule has 0 saturated heterocycles. The smallest absolute Gasteiger partial charge is 0 e. The first-order valence-corrected chi connectivity index (χ1v) is 0. The van der Waals surface area contributed by atoms with E-state index in [2.05, 4.69) is 0 Å². The van der Waals surface area contributed by atoms with Gasteiger partial charge in [-0.05, 0) is 0 Å². The largest absolute Gasteiger partial charge is 0 e. The topological polar surface area (TPSA) is 0 Å². The van der Waals surface area contributed by atoms with E-state index in [0.717, 1.165) is 0 Å². The molecule has 0 bridgehead atoms. The van der Waals surface area contributed by atoms with Gasteiger partial charge < -0.3 is 0 Å². The Morgan fingerprint density at radius 2 is 1.00 bits per heavy atom. The Hall–Kier alpha value is 2.83. The summed E-state index contributed by atoms with van der Waals surface area (Å²) in [4.78, 5) is 0. The van der Waals surface area contributed by atoms with E-state index in [0.29, 0.717) is 0 Å². The molecule has 0 amide bonds. The fraction of sp³-hybridized carbons (Fsp3) is 0. The van der Waals surface area contributed by atoms with Crippen LogP contribution in [0.3, 0.4) is 0 Å². The van der Waals surface area contributed by atoms with Gasteiger partial charge in [0.15, 0.2) is 0 Å². The summed E-state index contributed by atoms with van der Waals surface area (Å²) in [6.45, 7) is 0. The van der Waals surface area contributed by atoms with Crippen LogP contribution in [0.4, 0.5) is 0 Å². The maximum absolute atomic E-state index is 0. The molecular weight excluding hydrogens is 291 g/mol. The molecule has 4 heteroatoms. The zero-order valence-electron chi connectivity index (χ0n) is 1.76. The summed E-state index contributed by atoms with van der Waals surface area (Å²) in [7, 11) is 0. The first-order chi connectivity index (χ1) is 0. The maximum atomic E-state index is 0. The molecule has 23 valence electrons. The van der Waals surface area contributed by atoms with Crippen molar-refractivity contribution in [2.75, 3.05) is 0 Å². The Bertz CT molecular complexity index is 8.00. The van der Waals surface area contributed by atoms with Crippen molar-refractivity contribution >= 4 is 0 Å². The molecule has 0 aromatic carbocycles. The summed E-state index contributed by atoms with van der Waals surface area (Å²) in [5.41, 5.74) is 0. The predicted molar refractivity (Wildman–Crippen MR) is 0 cm³/mol. The van der Waals surface area contributed by atoms with Crippen LogP contribution in [0.25, 0.3) is 0 Å². The molecule has 0 aromatic heterocycles. The van der Waals surface area contributed by atoms with Gasteiger partial charge in [0, 0.05) is 86.8 Å². The standard InChI is InChI=1S/Nb.Ni.Ti.Zr. The normalized spacial score (nSPS) is 0. The average Bonchev–Trinajstić information content (AvgIpc) is 0. The molecule has 0 heterocycles. The van der Waals surface area contributed by atoms with E-state index in [1.165, 1.54) is 0 Å². The summed E-state index contributed by atoms with van der Waals surface area (Å²) < 4.78 is 0. The van der Waals surface area contributed by atoms with Gasteiger partial charge in [-0.1, -0.05) is 0 Å². The zero-order valence-corrected chi connectivity index (χ0v) is 8.97. The van der Waals surface area contributed by atoms with Crippen LogP contribution in [0, 0.1) is 0 Å².